The van der Waals surface area contributed by atoms with Gasteiger partial charge in [0.15, 0.2) is 5.75 Å². The van der Waals surface area contributed by atoms with Crippen LogP contribution in [0.25, 0.3) is 0 Å². The molecule has 0 saturated heterocycles. The molecule has 2 aromatic rings. The van der Waals surface area contributed by atoms with E-state index < -0.39 is 6.10 Å². The molecule has 1 N–H and O–H groups in total. The Balaban J connectivity index is 2.44. The Morgan fingerprint density at radius 3 is 2.42 bits per heavy atom. The Bertz CT molecular complexity index is 549. The number of benzene rings is 1. The van der Waals surface area contributed by atoms with E-state index in [1.54, 1.807) is 42.3 Å². The monoisotopic (exact) mass is 280 g/mol. The maximum atomic E-state index is 10.5. The minimum absolute atomic E-state index is 0.140. The molecule has 0 saturated carbocycles. The Morgan fingerprint density at radius 1 is 1.26 bits per heavy atom. The first-order valence-corrected chi connectivity index (χ1v) is 6.47. The van der Waals surface area contributed by atoms with Gasteiger partial charge in [-0.1, -0.05) is 23.7 Å². The number of halogens is 1. The maximum Gasteiger partial charge on any atom is 0.163 e. The number of hydrogen-bond acceptors (Lipinski definition) is 3. The minimum Gasteiger partial charge on any atom is -0.493 e. The average molecular weight is 281 g/mol. The van der Waals surface area contributed by atoms with Crippen LogP contribution in [-0.2, 0) is 0 Å². The number of hydrogen-bond donors (Lipinski definition) is 1. The number of methoxy groups -OCH3 is 1. The third kappa shape index (κ3) is 2.74. The third-order valence-electron chi connectivity index (χ3n) is 2.95. The van der Waals surface area contributed by atoms with Gasteiger partial charge in [-0.2, -0.15) is 5.10 Å². The number of aliphatic hydroxyl groups is 1. The van der Waals surface area contributed by atoms with Gasteiger partial charge in [0.05, 0.1) is 13.3 Å². The number of rotatable bonds is 4. The second-order valence-corrected chi connectivity index (χ2v) is 5.03. The van der Waals surface area contributed by atoms with Crippen molar-refractivity contribution in [2.75, 3.05) is 7.11 Å². The quantitative estimate of drug-likeness (QED) is 0.935. The van der Waals surface area contributed by atoms with E-state index >= 15 is 0 Å². The van der Waals surface area contributed by atoms with Crippen LogP contribution in [0.15, 0.2) is 30.5 Å². The second kappa shape index (κ2) is 5.63. The smallest absolute Gasteiger partial charge is 0.163 e. The Morgan fingerprint density at radius 2 is 1.89 bits per heavy atom. The Labute approximate surface area is 117 Å². The third-order valence-corrected chi connectivity index (χ3v) is 3.20. The van der Waals surface area contributed by atoms with Crippen molar-refractivity contribution in [1.82, 2.24) is 9.78 Å². The fraction of sp³-hybridized carbons (Fsp3) is 0.357. The highest BCUT2D eigenvalue weighted by molar-refractivity contribution is 6.30. The highest BCUT2D eigenvalue weighted by atomic mass is 35.5. The van der Waals surface area contributed by atoms with Gasteiger partial charge < -0.3 is 9.84 Å². The van der Waals surface area contributed by atoms with Crippen LogP contribution in [0.1, 0.15) is 37.3 Å². The highest BCUT2D eigenvalue weighted by Gasteiger charge is 2.22. The Hall–Kier alpha value is -1.52. The Kier molecular flexibility index (Phi) is 4.12. The lowest BCUT2D eigenvalue weighted by atomic mass is 10.1. The van der Waals surface area contributed by atoms with Crippen molar-refractivity contribution in [3.05, 3.63) is 46.7 Å². The molecule has 5 heteroatoms. The first-order valence-electron chi connectivity index (χ1n) is 6.09. The predicted molar refractivity (Wildman–Crippen MR) is 74.7 cm³/mol. The molecule has 0 fully saturated rings. The number of aromatic nitrogens is 2. The molecule has 1 aromatic heterocycles. The van der Waals surface area contributed by atoms with Crippen LogP contribution in [0.2, 0.25) is 5.02 Å². The molecule has 1 heterocycles. The fourth-order valence-electron chi connectivity index (χ4n) is 1.99. The summed E-state index contributed by atoms with van der Waals surface area (Å²) in [6.07, 6.45) is 0.825. The summed E-state index contributed by atoms with van der Waals surface area (Å²) in [7, 11) is 1.57. The summed E-state index contributed by atoms with van der Waals surface area (Å²) in [6, 6.07) is 7.24. The van der Waals surface area contributed by atoms with Gasteiger partial charge in [-0.05, 0) is 31.5 Å². The minimum atomic E-state index is -0.794. The van der Waals surface area contributed by atoms with E-state index in [4.69, 9.17) is 16.3 Å². The van der Waals surface area contributed by atoms with E-state index in [9.17, 15) is 5.11 Å². The topological polar surface area (TPSA) is 47.3 Å². The molecular weight excluding hydrogens is 264 g/mol. The van der Waals surface area contributed by atoms with Gasteiger partial charge in [0, 0.05) is 11.1 Å². The van der Waals surface area contributed by atoms with Crippen LogP contribution in [0, 0.1) is 0 Å². The molecule has 1 atom stereocenters. The SMILES string of the molecule is COc1cnn(C(C)C)c1C(O)c1ccc(Cl)cc1. The molecule has 0 aliphatic heterocycles. The lowest BCUT2D eigenvalue weighted by molar-refractivity contribution is 0.199. The molecule has 1 aromatic carbocycles. The fourth-order valence-corrected chi connectivity index (χ4v) is 2.11. The summed E-state index contributed by atoms with van der Waals surface area (Å²) < 4.78 is 7.04. The van der Waals surface area contributed by atoms with Crippen LogP contribution in [0.3, 0.4) is 0 Å². The predicted octanol–water partition coefficient (Wildman–Crippen LogP) is 3.21. The molecule has 0 amide bonds. The van der Waals surface area contributed by atoms with Gasteiger partial charge in [0.2, 0.25) is 0 Å². The molecule has 0 spiro atoms. The molecule has 2 rings (SSSR count). The van der Waals surface area contributed by atoms with Gasteiger partial charge in [-0.25, -0.2) is 0 Å². The van der Waals surface area contributed by atoms with Crippen LogP contribution in [-0.4, -0.2) is 22.0 Å². The molecule has 0 bridgehead atoms. The van der Waals surface area contributed by atoms with Crippen LogP contribution in [0.4, 0.5) is 0 Å². The summed E-state index contributed by atoms with van der Waals surface area (Å²) in [5, 5.41) is 15.4. The van der Waals surface area contributed by atoms with Crippen molar-refractivity contribution in [2.45, 2.75) is 26.0 Å². The lowest BCUT2D eigenvalue weighted by Gasteiger charge is -2.17. The van der Waals surface area contributed by atoms with Gasteiger partial charge in [0.25, 0.3) is 0 Å². The summed E-state index contributed by atoms with van der Waals surface area (Å²) in [5.74, 6) is 0.580. The van der Waals surface area contributed by atoms with Crippen molar-refractivity contribution < 1.29 is 9.84 Å². The van der Waals surface area contributed by atoms with E-state index in [1.165, 1.54) is 0 Å². The van der Waals surface area contributed by atoms with Crippen molar-refractivity contribution in [3.8, 4) is 5.75 Å². The number of nitrogens with zero attached hydrogens (tertiary/aromatic N) is 2. The molecule has 1 unspecified atom stereocenters. The van der Waals surface area contributed by atoms with Crippen LogP contribution < -0.4 is 4.74 Å². The molecular formula is C14H17ClN2O2. The van der Waals surface area contributed by atoms with Crippen molar-refractivity contribution >= 4 is 11.6 Å². The second-order valence-electron chi connectivity index (χ2n) is 4.59. The summed E-state index contributed by atoms with van der Waals surface area (Å²) in [4.78, 5) is 0. The van der Waals surface area contributed by atoms with E-state index in [2.05, 4.69) is 5.10 Å². The summed E-state index contributed by atoms with van der Waals surface area (Å²) >= 11 is 5.86. The van der Waals surface area contributed by atoms with Crippen molar-refractivity contribution in [2.24, 2.45) is 0 Å². The van der Waals surface area contributed by atoms with E-state index in [0.29, 0.717) is 16.5 Å². The van der Waals surface area contributed by atoms with Gasteiger partial charge in [-0.3, -0.25) is 4.68 Å². The summed E-state index contributed by atoms with van der Waals surface area (Å²) in [5.41, 5.74) is 1.41. The molecule has 0 aliphatic carbocycles. The molecule has 4 nitrogen and oxygen atoms in total. The first kappa shape index (κ1) is 13.9. The highest BCUT2D eigenvalue weighted by Crippen LogP contribution is 2.32. The van der Waals surface area contributed by atoms with Crippen LogP contribution >= 0.6 is 11.6 Å². The largest absolute Gasteiger partial charge is 0.493 e. The number of aliphatic hydroxyl groups excluding tert-OH is 1. The summed E-state index contributed by atoms with van der Waals surface area (Å²) in [6.45, 7) is 4.01. The van der Waals surface area contributed by atoms with Crippen molar-refractivity contribution in [1.29, 1.82) is 0 Å². The molecule has 102 valence electrons. The van der Waals surface area contributed by atoms with E-state index in [1.807, 2.05) is 13.8 Å². The van der Waals surface area contributed by atoms with Gasteiger partial charge >= 0.3 is 0 Å². The van der Waals surface area contributed by atoms with Gasteiger partial charge in [0.1, 0.15) is 11.8 Å². The average Bonchev–Trinajstić information content (AvgIpc) is 2.82. The standard InChI is InChI=1S/C14H17ClN2O2/c1-9(2)17-13(12(19-3)8-16-17)14(18)10-4-6-11(15)7-5-10/h4-9,14,18H,1-3H3. The normalized spacial score (nSPS) is 12.7. The van der Waals surface area contributed by atoms with Gasteiger partial charge in [-0.15, -0.1) is 0 Å². The van der Waals surface area contributed by atoms with E-state index in [0.717, 1.165) is 5.56 Å². The molecule has 0 radical (unpaired) electrons. The van der Waals surface area contributed by atoms with Crippen molar-refractivity contribution in [3.63, 3.8) is 0 Å². The molecule has 19 heavy (non-hydrogen) atoms. The zero-order chi connectivity index (χ0) is 14.0. The zero-order valence-electron chi connectivity index (χ0n) is 11.2. The zero-order valence-corrected chi connectivity index (χ0v) is 11.9. The first-order chi connectivity index (χ1) is 9.04. The lowest BCUT2D eigenvalue weighted by Crippen LogP contribution is -2.13. The van der Waals surface area contributed by atoms with Crippen LogP contribution in [0.5, 0.6) is 5.75 Å². The number of ether oxygens (including phenoxy) is 1. The molecule has 0 aliphatic rings. The van der Waals surface area contributed by atoms with E-state index in [-0.39, 0.29) is 6.04 Å². The maximum absolute atomic E-state index is 10.5.